The molecule has 2 rings (SSSR count). The van der Waals surface area contributed by atoms with Gasteiger partial charge in [0.15, 0.2) is 0 Å². The summed E-state index contributed by atoms with van der Waals surface area (Å²) in [6.07, 6.45) is 4.28. The van der Waals surface area contributed by atoms with E-state index in [0.29, 0.717) is 31.0 Å². The average Bonchev–Trinajstić information content (AvgIpc) is 2.34. The van der Waals surface area contributed by atoms with Crippen LogP contribution in [-0.2, 0) is 14.3 Å². The molecule has 0 amide bonds. The summed E-state index contributed by atoms with van der Waals surface area (Å²) in [5.41, 5.74) is 1.26. The molecule has 0 unspecified atom stereocenters. The van der Waals surface area contributed by atoms with Crippen molar-refractivity contribution in [2.24, 2.45) is 23.2 Å². The van der Waals surface area contributed by atoms with E-state index in [9.17, 15) is 4.79 Å². The molecule has 3 heteroatoms. The average molecular weight is 264 g/mol. The number of rotatable bonds is 3. The van der Waals surface area contributed by atoms with Crippen LogP contribution in [0.4, 0.5) is 0 Å². The molecule has 1 aliphatic heterocycles. The molecule has 1 heterocycles. The van der Waals surface area contributed by atoms with Crippen LogP contribution in [0, 0.1) is 23.2 Å². The van der Waals surface area contributed by atoms with Gasteiger partial charge in [0.2, 0.25) is 0 Å². The second-order valence-corrected chi connectivity index (χ2v) is 6.04. The number of hydrogen-bond donors (Lipinski definition) is 0. The molecule has 106 valence electrons. The smallest absolute Gasteiger partial charge is 0.302 e. The quantitative estimate of drug-likeness (QED) is 0.580. The van der Waals surface area contributed by atoms with Gasteiger partial charge in [0, 0.05) is 18.3 Å². The molecule has 0 saturated carbocycles. The lowest BCUT2D eigenvalue weighted by molar-refractivity contribution is -0.171. The normalized spacial score (nSPS) is 41.4. The number of ether oxygens (including phenoxy) is 2. The van der Waals surface area contributed by atoms with E-state index in [1.807, 2.05) is 6.08 Å². The highest BCUT2D eigenvalue weighted by Crippen LogP contribution is 2.52. The molecule has 0 aromatic heterocycles. The highest BCUT2D eigenvalue weighted by Gasteiger charge is 2.53. The molecule has 2 bridgehead atoms. The first kappa shape index (κ1) is 14.3. The maximum atomic E-state index is 11.1. The molecular formula is C16H24O3. The van der Waals surface area contributed by atoms with Crippen molar-refractivity contribution >= 4 is 5.97 Å². The third-order valence-corrected chi connectivity index (χ3v) is 5.07. The summed E-state index contributed by atoms with van der Waals surface area (Å²) in [6.45, 7) is 13.0. The van der Waals surface area contributed by atoms with Gasteiger partial charge in [-0.25, -0.2) is 0 Å². The van der Waals surface area contributed by atoms with E-state index >= 15 is 0 Å². The van der Waals surface area contributed by atoms with Crippen LogP contribution in [-0.4, -0.2) is 25.3 Å². The van der Waals surface area contributed by atoms with Gasteiger partial charge in [0.1, 0.15) is 0 Å². The zero-order valence-corrected chi connectivity index (χ0v) is 12.3. The molecule has 0 spiro atoms. The van der Waals surface area contributed by atoms with Gasteiger partial charge in [0.25, 0.3) is 0 Å². The molecular weight excluding hydrogens is 240 g/mol. The van der Waals surface area contributed by atoms with Crippen LogP contribution >= 0.6 is 0 Å². The Hall–Kier alpha value is -1.09. The largest absolute Gasteiger partial charge is 0.465 e. The molecule has 0 N–H and O–H groups in total. The van der Waals surface area contributed by atoms with E-state index in [1.165, 1.54) is 12.5 Å². The van der Waals surface area contributed by atoms with Crippen LogP contribution in [0.2, 0.25) is 0 Å². The second kappa shape index (κ2) is 5.12. The summed E-state index contributed by atoms with van der Waals surface area (Å²) in [6, 6.07) is 0. The minimum atomic E-state index is -0.220. The minimum absolute atomic E-state index is 0.0733. The summed E-state index contributed by atoms with van der Waals surface area (Å²) in [5, 5.41) is 0. The standard InChI is InChI=1S/C16H24O3/c1-6-14-15-10(2)7-11(3)16(9-19-14,12(15)4)8-18-13(5)17/h6-7,11-12,14-15H,1,8-9H2,2-5H3/t11-,12+,14-,15+,16-/m1/s1. The molecule has 0 aromatic carbocycles. The number of hydrogen-bond acceptors (Lipinski definition) is 3. The van der Waals surface area contributed by atoms with Crippen molar-refractivity contribution < 1.29 is 14.3 Å². The predicted octanol–water partition coefficient (Wildman–Crippen LogP) is 2.97. The Morgan fingerprint density at radius 3 is 2.89 bits per heavy atom. The topological polar surface area (TPSA) is 35.5 Å². The van der Waals surface area contributed by atoms with Crippen LogP contribution in [0.15, 0.2) is 24.3 Å². The fourth-order valence-corrected chi connectivity index (χ4v) is 3.75. The molecule has 5 atom stereocenters. The lowest BCUT2D eigenvalue weighted by Crippen LogP contribution is -2.56. The van der Waals surface area contributed by atoms with E-state index < -0.39 is 0 Å². The van der Waals surface area contributed by atoms with Crippen molar-refractivity contribution in [1.29, 1.82) is 0 Å². The Labute approximate surface area is 115 Å². The predicted molar refractivity (Wildman–Crippen MR) is 74.6 cm³/mol. The Kier molecular flexibility index (Phi) is 3.86. The fraction of sp³-hybridized carbons (Fsp3) is 0.688. The van der Waals surface area contributed by atoms with Gasteiger partial charge in [-0.3, -0.25) is 4.79 Å². The van der Waals surface area contributed by atoms with Crippen molar-refractivity contribution in [2.75, 3.05) is 13.2 Å². The molecule has 3 nitrogen and oxygen atoms in total. The zero-order chi connectivity index (χ0) is 14.2. The summed E-state index contributed by atoms with van der Waals surface area (Å²) in [7, 11) is 0. The van der Waals surface area contributed by atoms with Crippen LogP contribution < -0.4 is 0 Å². The molecule has 0 aromatic rings. The van der Waals surface area contributed by atoms with Crippen LogP contribution in [0.1, 0.15) is 27.7 Å². The van der Waals surface area contributed by atoms with E-state index in [-0.39, 0.29) is 17.5 Å². The lowest BCUT2D eigenvalue weighted by atomic mass is 9.56. The van der Waals surface area contributed by atoms with Gasteiger partial charge in [0.05, 0.1) is 19.3 Å². The zero-order valence-electron chi connectivity index (χ0n) is 12.3. The molecule has 2 aliphatic rings. The number of carbonyl (C=O) groups is 1. The van der Waals surface area contributed by atoms with Crippen LogP contribution in [0.3, 0.4) is 0 Å². The van der Waals surface area contributed by atoms with Crippen LogP contribution in [0.5, 0.6) is 0 Å². The maximum absolute atomic E-state index is 11.1. The fourth-order valence-electron chi connectivity index (χ4n) is 3.75. The Morgan fingerprint density at radius 2 is 2.32 bits per heavy atom. The number of fused-ring (bicyclic) bond motifs is 2. The third-order valence-electron chi connectivity index (χ3n) is 5.07. The van der Waals surface area contributed by atoms with E-state index in [0.717, 1.165) is 0 Å². The van der Waals surface area contributed by atoms with Gasteiger partial charge >= 0.3 is 5.97 Å². The van der Waals surface area contributed by atoms with Gasteiger partial charge in [-0.1, -0.05) is 31.6 Å². The molecule has 0 radical (unpaired) electrons. The first-order valence-electron chi connectivity index (χ1n) is 6.98. The Bertz CT molecular complexity index is 412. The first-order valence-corrected chi connectivity index (χ1v) is 6.98. The van der Waals surface area contributed by atoms with Gasteiger partial charge in [-0.15, -0.1) is 6.58 Å². The first-order chi connectivity index (χ1) is 8.92. The lowest BCUT2D eigenvalue weighted by Gasteiger charge is -2.54. The van der Waals surface area contributed by atoms with Crippen molar-refractivity contribution in [3.8, 4) is 0 Å². The van der Waals surface area contributed by atoms with E-state index in [4.69, 9.17) is 9.47 Å². The van der Waals surface area contributed by atoms with Crippen molar-refractivity contribution in [1.82, 2.24) is 0 Å². The monoisotopic (exact) mass is 264 g/mol. The summed E-state index contributed by atoms with van der Waals surface area (Å²) in [4.78, 5) is 11.1. The Balaban J connectivity index is 2.33. The Morgan fingerprint density at radius 1 is 1.63 bits per heavy atom. The maximum Gasteiger partial charge on any atom is 0.302 e. The van der Waals surface area contributed by atoms with Crippen molar-refractivity contribution in [2.45, 2.75) is 33.8 Å². The van der Waals surface area contributed by atoms with Gasteiger partial charge in [-0.05, 0) is 18.8 Å². The van der Waals surface area contributed by atoms with Gasteiger partial charge in [-0.2, -0.15) is 0 Å². The summed E-state index contributed by atoms with van der Waals surface area (Å²) >= 11 is 0. The number of carbonyl (C=O) groups excluding carboxylic acids is 1. The molecule has 1 fully saturated rings. The van der Waals surface area contributed by atoms with E-state index in [1.54, 1.807) is 0 Å². The number of allylic oxidation sites excluding steroid dienone is 1. The molecule has 1 aliphatic carbocycles. The van der Waals surface area contributed by atoms with Gasteiger partial charge < -0.3 is 9.47 Å². The summed E-state index contributed by atoms with van der Waals surface area (Å²) < 4.78 is 11.3. The SMILES string of the molecule is C=C[C@H]1OC[C@]2(COC(C)=O)[C@H](C)C=C(C)[C@H]1[C@@H]2C. The second-order valence-electron chi connectivity index (χ2n) is 6.04. The van der Waals surface area contributed by atoms with Crippen molar-refractivity contribution in [3.05, 3.63) is 24.3 Å². The summed E-state index contributed by atoms with van der Waals surface area (Å²) in [5.74, 6) is 0.896. The van der Waals surface area contributed by atoms with Crippen molar-refractivity contribution in [3.63, 3.8) is 0 Å². The highest BCUT2D eigenvalue weighted by atomic mass is 16.5. The molecule has 19 heavy (non-hydrogen) atoms. The van der Waals surface area contributed by atoms with Crippen LogP contribution in [0.25, 0.3) is 0 Å². The third kappa shape index (κ3) is 2.25. The highest BCUT2D eigenvalue weighted by molar-refractivity contribution is 5.65. The minimum Gasteiger partial charge on any atom is -0.465 e. The number of esters is 1. The molecule has 1 saturated heterocycles. The van der Waals surface area contributed by atoms with E-state index in [2.05, 4.69) is 33.4 Å².